The number of anilines is 2. The van der Waals surface area contributed by atoms with E-state index < -0.39 is 0 Å². The van der Waals surface area contributed by atoms with Crippen LogP contribution in [0.1, 0.15) is 33.5 Å². The Hall–Kier alpha value is -4.79. The van der Waals surface area contributed by atoms with Crippen molar-refractivity contribution >= 4 is 34.1 Å². The lowest BCUT2D eigenvalue weighted by Crippen LogP contribution is -2.14. The molecule has 3 heterocycles. The normalized spacial score (nSPS) is 11.0. The van der Waals surface area contributed by atoms with Gasteiger partial charge in [-0.15, -0.1) is 0 Å². The fraction of sp³-hybridized carbons (Fsp3) is 0.148. The summed E-state index contributed by atoms with van der Waals surface area (Å²) in [6.07, 6.45) is 3.49. The van der Waals surface area contributed by atoms with Crippen LogP contribution in [0.3, 0.4) is 0 Å². The molecule has 9 nitrogen and oxygen atoms in total. The Labute approximate surface area is 207 Å². The molecule has 0 saturated carbocycles. The van der Waals surface area contributed by atoms with E-state index in [2.05, 4.69) is 20.8 Å². The molecular formula is C27H25N7O2. The van der Waals surface area contributed by atoms with E-state index >= 15 is 0 Å². The first-order valence-electron chi connectivity index (χ1n) is 11.6. The predicted octanol–water partition coefficient (Wildman–Crippen LogP) is 4.66. The summed E-state index contributed by atoms with van der Waals surface area (Å²) in [6.45, 7) is 4.79. The van der Waals surface area contributed by atoms with Gasteiger partial charge in [0.25, 0.3) is 11.8 Å². The minimum Gasteiger partial charge on any atom is -0.322 e. The molecule has 5 rings (SSSR count). The molecule has 2 N–H and O–H groups in total. The molecule has 9 heteroatoms. The van der Waals surface area contributed by atoms with Gasteiger partial charge in [-0.25, -0.2) is 4.98 Å². The summed E-state index contributed by atoms with van der Waals surface area (Å²) in [5.74, 6) is -0.550. The monoisotopic (exact) mass is 479 g/mol. The molecule has 0 radical (unpaired) electrons. The second kappa shape index (κ2) is 9.46. The summed E-state index contributed by atoms with van der Waals surface area (Å²) in [5, 5.41) is 15.0. The largest absolute Gasteiger partial charge is 0.322 e. The highest BCUT2D eigenvalue weighted by Gasteiger charge is 2.17. The summed E-state index contributed by atoms with van der Waals surface area (Å²) in [5.41, 5.74) is 5.37. The van der Waals surface area contributed by atoms with E-state index in [1.54, 1.807) is 54.5 Å². The Balaban J connectivity index is 1.40. The van der Waals surface area contributed by atoms with Crippen molar-refractivity contribution in [1.29, 1.82) is 0 Å². The molecule has 2 amide bonds. The predicted molar refractivity (Wildman–Crippen MR) is 139 cm³/mol. The maximum atomic E-state index is 13.4. The molecule has 0 aliphatic heterocycles. The molecular weight excluding hydrogens is 454 g/mol. The lowest BCUT2D eigenvalue weighted by atomic mass is 10.0. The van der Waals surface area contributed by atoms with Crippen molar-refractivity contribution in [3.8, 4) is 11.3 Å². The van der Waals surface area contributed by atoms with Crippen LogP contribution in [0.5, 0.6) is 0 Å². The molecule has 0 atom stereocenters. The molecule has 2 aromatic carbocycles. The van der Waals surface area contributed by atoms with E-state index in [-0.39, 0.29) is 11.8 Å². The van der Waals surface area contributed by atoms with Crippen molar-refractivity contribution in [3.05, 3.63) is 90.0 Å². The molecule has 3 aromatic heterocycles. The number of pyridine rings is 1. The third-order valence-electron chi connectivity index (χ3n) is 5.99. The van der Waals surface area contributed by atoms with Crippen molar-refractivity contribution in [2.75, 3.05) is 10.6 Å². The van der Waals surface area contributed by atoms with E-state index in [4.69, 9.17) is 4.98 Å². The molecule has 0 aliphatic rings. The Kier molecular flexibility index (Phi) is 6.03. The maximum Gasteiger partial charge on any atom is 0.276 e. The van der Waals surface area contributed by atoms with Crippen molar-refractivity contribution < 1.29 is 9.59 Å². The summed E-state index contributed by atoms with van der Waals surface area (Å²) >= 11 is 0. The molecule has 0 bridgehead atoms. The van der Waals surface area contributed by atoms with Crippen molar-refractivity contribution in [1.82, 2.24) is 24.5 Å². The van der Waals surface area contributed by atoms with Crippen LogP contribution in [0.15, 0.2) is 73.1 Å². The summed E-state index contributed by atoms with van der Waals surface area (Å²) in [4.78, 5) is 30.5. The number of nitrogens with one attached hydrogen (secondary N) is 2. The maximum absolute atomic E-state index is 13.4. The van der Waals surface area contributed by atoms with E-state index in [0.717, 1.165) is 28.7 Å². The number of para-hydroxylation sites is 1. The van der Waals surface area contributed by atoms with Gasteiger partial charge in [0.1, 0.15) is 0 Å². The van der Waals surface area contributed by atoms with Gasteiger partial charge in [-0.2, -0.15) is 10.2 Å². The zero-order valence-corrected chi connectivity index (χ0v) is 20.2. The van der Waals surface area contributed by atoms with Gasteiger partial charge in [0.15, 0.2) is 5.69 Å². The Morgan fingerprint density at radius 2 is 1.64 bits per heavy atom. The number of fused-ring (bicyclic) bond motifs is 1. The van der Waals surface area contributed by atoms with Crippen LogP contribution in [0.4, 0.5) is 11.4 Å². The summed E-state index contributed by atoms with van der Waals surface area (Å²) in [7, 11) is 1.75. The summed E-state index contributed by atoms with van der Waals surface area (Å²) in [6, 6.07) is 18.0. The van der Waals surface area contributed by atoms with Gasteiger partial charge in [0, 0.05) is 47.8 Å². The molecule has 0 unspecified atom stereocenters. The SMILES string of the molecule is CCn1ncc(-c2cc(C(=O)Nc3ccc(NC(=O)c4ccn(C)n4)cc3)c3ccccc3n2)c1C. The number of aryl methyl sites for hydroxylation is 2. The first-order chi connectivity index (χ1) is 17.4. The van der Waals surface area contributed by atoms with Gasteiger partial charge in [-0.1, -0.05) is 18.2 Å². The molecule has 0 aliphatic carbocycles. The van der Waals surface area contributed by atoms with E-state index in [9.17, 15) is 9.59 Å². The van der Waals surface area contributed by atoms with Crippen LogP contribution in [0.2, 0.25) is 0 Å². The van der Waals surface area contributed by atoms with E-state index in [1.807, 2.05) is 48.9 Å². The lowest BCUT2D eigenvalue weighted by Gasteiger charge is -2.11. The number of amides is 2. The van der Waals surface area contributed by atoms with Gasteiger partial charge >= 0.3 is 0 Å². The molecule has 0 fully saturated rings. The van der Waals surface area contributed by atoms with E-state index in [1.165, 1.54) is 0 Å². The molecule has 0 spiro atoms. The average molecular weight is 480 g/mol. The fourth-order valence-electron chi connectivity index (χ4n) is 4.08. The number of hydrogen-bond donors (Lipinski definition) is 2. The number of carbonyl (C=O) groups is 2. The number of carbonyl (C=O) groups excluding carboxylic acids is 2. The number of benzene rings is 2. The van der Waals surface area contributed by atoms with Crippen LogP contribution in [-0.4, -0.2) is 36.4 Å². The third kappa shape index (κ3) is 4.46. The van der Waals surface area contributed by atoms with Crippen molar-refractivity contribution in [3.63, 3.8) is 0 Å². The van der Waals surface area contributed by atoms with Gasteiger partial charge in [0.05, 0.1) is 23.0 Å². The van der Waals surface area contributed by atoms with Gasteiger partial charge < -0.3 is 10.6 Å². The Morgan fingerprint density at radius 3 is 2.28 bits per heavy atom. The van der Waals surface area contributed by atoms with Crippen LogP contribution in [0, 0.1) is 6.92 Å². The zero-order chi connectivity index (χ0) is 25.2. The quantitative estimate of drug-likeness (QED) is 0.368. The number of rotatable bonds is 6. The van der Waals surface area contributed by atoms with Crippen molar-refractivity contribution in [2.45, 2.75) is 20.4 Å². The molecule has 180 valence electrons. The van der Waals surface area contributed by atoms with Crippen molar-refractivity contribution in [2.24, 2.45) is 7.05 Å². The number of aromatic nitrogens is 5. The zero-order valence-electron chi connectivity index (χ0n) is 20.2. The second-order valence-electron chi connectivity index (χ2n) is 8.39. The smallest absolute Gasteiger partial charge is 0.276 e. The highest BCUT2D eigenvalue weighted by Crippen LogP contribution is 2.28. The van der Waals surface area contributed by atoms with E-state index in [0.29, 0.717) is 28.3 Å². The van der Waals surface area contributed by atoms with Gasteiger partial charge in [-0.05, 0) is 56.3 Å². The van der Waals surface area contributed by atoms with Crippen LogP contribution in [0.25, 0.3) is 22.2 Å². The first-order valence-corrected chi connectivity index (χ1v) is 11.6. The minimum absolute atomic E-state index is 0.249. The third-order valence-corrected chi connectivity index (χ3v) is 5.99. The topological polar surface area (TPSA) is 107 Å². The molecule has 5 aromatic rings. The van der Waals surface area contributed by atoms with Crippen LogP contribution >= 0.6 is 0 Å². The van der Waals surface area contributed by atoms with Crippen LogP contribution in [-0.2, 0) is 13.6 Å². The minimum atomic E-state index is -0.301. The fourth-order valence-corrected chi connectivity index (χ4v) is 4.08. The van der Waals surface area contributed by atoms with Gasteiger partial charge in [-0.3, -0.25) is 19.0 Å². The summed E-state index contributed by atoms with van der Waals surface area (Å²) < 4.78 is 3.47. The highest BCUT2D eigenvalue weighted by molar-refractivity contribution is 6.13. The number of nitrogens with zero attached hydrogens (tertiary/aromatic N) is 5. The highest BCUT2D eigenvalue weighted by atomic mass is 16.2. The molecule has 36 heavy (non-hydrogen) atoms. The Morgan fingerprint density at radius 1 is 0.944 bits per heavy atom. The first kappa shape index (κ1) is 23.0. The lowest BCUT2D eigenvalue weighted by molar-refractivity contribution is 0.101. The van der Waals surface area contributed by atoms with Gasteiger partial charge in [0.2, 0.25) is 0 Å². The standard InChI is InChI=1S/C27H25N7O2/c1-4-34-17(2)22(16-28-34)25-15-21(20-7-5-6-8-23(20)31-25)26(35)29-18-9-11-19(12-10-18)30-27(36)24-13-14-33(3)32-24/h5-16H,4H2,1-3H3,(H,29,35)(H,30,36). The second-order valence-corrected chi connectivity index (χ2v) is 8.39. The number of hydrogen-bond acceptors (Lipinski definition) is 5. The van der Waals surface area contributed by atoms with Crippen LogP contribution < -0.4 is 10.6 Å². The average Bonchev–Trinajstić information content (AvgIpc) is 3.49. The molecule has 0 saturated heterocycles. The Bertz CT molecular complexity index is 1580.